The summed E-state index contributed by atoms with van der Waals surface area (Å²) in [5.41, 5.74) is 5.88. The summed E-state index contributed by atoms with van der Waals surface area (Å²) in [6.07, 6.45) is 9.42. The third-order valence-corrected chi connectivity index (χ3v) is 3.91. The summed E-state index contributed by atoms with van der Waals surface area (Å²) in [5, 5.41) is 0. The Balaban J connectivity index is 0.00000144. The normalized spacial score (nSPS) is 23.8. The molecule has 0 amide bonds. The Kier molecular flexibility index (Phi) is 7.44. The minimum absolute atomic E-state index is 0. The molecule has 17 heavy (non-hydrogen) atoms. The fraction of sp³-hybridized carbons (Fsp3) is 1.00. The van der Waals surface area contributed by atoms with Gasteiger partial charge in [-0.15, -0.1) is 12.4 Å². The molecule has 0 atom stereocenters. The first-order valence-corrected chi connectivity index (χ1v) is 6.94. The van der Waals surface area contributed by atoms with E-state index in [0.29, 0.717) is 12.1 Å². The van der Waals surface area contributed by atoms with Crippen LogP contribution in [0.3, 0.4) is 0 Å². The molecule has 2 aliphatic rings. The third-order valence-electron chi connectivity index (χ3n) is 3.91. The van der Waals surface area contributed by atoms with Crippen LogP contribution in [-0.2, 0) is 4.74 Å². The fourth-order valence-electron chi connectivity index (χ4n) is 2.77. The van der Waals surface area contributed by atoms with Crippen molar-refractivity contribution in [1.82, 2.24) is 4.90 Å². The van der Waals surface area contributed by atoms with E-state index in [1.54, 1.807) is 0 Å². The summed E-state index contributed by atoms with van der Waals surface area (Å²) >= 11 is 0. The number of piperidine rings is 1. The van der Waals surface area contributed by atoms with E-state index in [1.807, 2.05) is 0 Å². The summed E-state index contributed by atoms with van der Waals surface area (Å²) in [4.78, 5) is 2.53. The predicted molar refractivity (Wildman–Crippen MR) is 73.7 cm³/mol. The zero-order chi connectivity index (χ0) is 11.2. The number of ether oxygens (including phenoxy) is 1. The standard InChI is InChI=1S/C13H26N2O.ClH/c14-12-6-9-15(10-7-12)8-3-11-16-13-4-1-2-5-13;/h12-13H,1-11,14H2;1H. The van der Waals surface area contributed by atoms with E-state index >= 15 is 0 Å². The summed E-state index contributed by atoms with van der Waals surface area (Å²) < 4.78 is 5.86. The average molecular weight is 263 g/mol. The Morgan fingerprint density at radius 1 is 1.06 bits per heavy atom. The van der Waals surface area contributed by atoms with Gasteiger partial charge in [0.1, 0.15) is 0 Å². The number of rotatable bonds is 5. The molecule has 0 spiro atoms. The topological polar surface area (TPSA) is 38.5 Å². The second-order valence-corrected chi connectivity index (χ2v) is 5.31. The molecule has 2 rings (SSSR count). The van der Waals surface area contributed by atoms with Gasteiger partial charge < -0.3 is 15.4 Å². The van der Waals surface area contributed by atoms with Crippen molar-refractivity contribution >= 4 is 12.4 Å². The first kappa shape index (κ1) is 15.2. The summed E-state index contributed by atoms with van der Waals surface area (Å²) in [6.45, 7) is 4.52. The molecule has 0 radical (unpaired) electrons. The number of nitrogens with two attached hydrogens (primary N) is 1. The highest BCUT2D eigenvalue weighted by Gasteiger charge is 2.17. The minimum atomic E-state index is 0. The monoisotopic (exact) mass is 262 g/mol. The van der Waals surface area contributed by atoms with Gasteiger partial charge in [0.15, 0.2) is 0 Å². The van der Waals surface area contributed by atoms with Crippen LogP contribution in [0.1, 0.15) is 44.9 Å². The maximum absolute atomic E-state index is 5.88. The molecule has 1 aliphatic heterocycles. The van der Waals surface area contributed by atoms with Crippen LogP contribution in [-0.4, -0.2) is 43.3 Å². The van der Waals surface area contributed by atoms with E-state index in [0.717, 1.165) is 6.61 Å². The first-order valence-electron chi connectivity index (χ1n) is 6.94. The van der Waals surface area contributed by atoms with Crippen LogP contribution in [0, 0.1) is 0 Å². The van der Waals surface area contributed by atoms with Crippen LogP contribution < -0.4 is 5.73 Å². The maximum atomic E-state index is 5.88. The molecule has 4 heteroatoms. The van der Waals surface area contributed by atoms with Crippen LogP contribution >= 0.6 is 12.4 Å². The van der Waals surface area contributed by atoms with Gasteiger partial charge in [-0.2, -0.15) is 0 Å². The first-order chi connectivity index (χ1) is 7.84. The van der Waals surface area contributed by atoms with E-state index in [4.69, 9.17) is 10.5 Å². The zero-order valence-electron chi connectivity index (χ0n) is 10.8. The Bertz CT molecular complexity index is 190. The van der Waals surface area contributed by atoms with Gasteiger partial charge in [-0.05, 0) is 45.2 Å². The van der Waals surface area contributed by atoms with Crippen LogP contribution in [0.5, 0.6) is 0 Å². The number of hydrogen-bond acceptors (Lipinski definition) is 3. The van der Waals surface area contributed by atoms with Gasteiger partial charge in [-0.1, -0.05) is 12.8 Å². The van der Waals surface area contributed by atoms with E-state index in [-0.39, 0.29) is 12.4 Å². The molecule has 1 saturated carbocycles. The molecule has 2 N–H and O–H groups in total. The van der Waals surface area contributed by atoms with E-state index in [9.17, 15) is 0 Å². The van der Waals surface area contributed by atoms with Gasteiger partial charge >= 0.3 is 0 Å². The Labute approximate surface area is 111 Å². The van der Waals surface area contributed by atoms with Crippen molar-refractivity contribution in [3.8, 4) is 0 Å². The number of hydrogen-bond donors (Lipinski definition) is 1. The molecule has 0 aromatic rings. The maximum Gasteiger partial charge on any atom is 0.0575 e. The van der Waals surface area contributed by atoms with E-state index in [1.165, 1.54) is 64.6 Å². The van der Waals surface area contributed by atoms with Gasteiger partial charge in [-0.25, -0.2) is 0 Å². The SMILES string of the molecule is Cl.NC1CCN(CCCOC2CCCC2)CC1. The molecule has 0 aromatic heterocycles. The Hall–Kier alpha value is 0.170. The molecule has 0 bridgehead atoms. The second kappa shape index (κ2) is 8.30. The second-order valence-electron chi connectivity index (χ2n) is 5.31. The lowest BCUT2D eigenvalue weighted by Crippen LogP contribution is -2.40. The van der Waals surface area contributed by atoms with Crippen LogP contribution in [0.4, 0.5) is 0 Å². The van der Waals surface area contributed by atoms with Crippen LogP contribution in [0.2, 0.25) is 0 Å². The lowest BCUT2D eigenvalue weighted by molar-refractivity contribution is 0.0501. The van der Waals surface area contributed by atoms with Gasteiger partial charge in [0.2, 0.25) is 0 Å². The molecular formula is C13H27ClN2O. The lowest BCUT2D eigenvalue weighted by Gasteiger charge is -2.30. The zero-order valence-corrected chi connectivity index (χ0v) is 11.6. The molecule has 0 aromatic carbocycles. The van der Waals surface area contributed by atoms with Crippen molar-refractivity contribution in [2.24, 2.45) is 5.73 Å². The molecule has 1 saturated heterocycles. The summed E-state index contributed by atoms with van der Waals surface area (Å²) in [7, 11) is 0. The molecule has 3 nitrogen and oxygen atoms in total. The van der Waals surface area contributed by atoms with E-state index in [2.05, 4.69) is 4.90 Å². The van der Waals surface area contributed by atoms with Crippen molar-refractivity contribution < 1.29 is 4.74 Å². The van der Waals surface area contributed by atoms with Crippen molar-refractivity contribution in [2.45, 2.75) is 57.1 Å². The van der Waals surface area contributed by atoms with Gasteiger partial charge in [0.05, 0.1) is 6.10 Å². The van der Waals surface area contributed by atoms with Crippen molar-refractivity contribution in [3.05, 3.63) is 0 Å². The number of nitrogens with zero attached hydrogens (tertiary/aromatic N) is 1. The van der Waals surface area contributed by atoms with Crippen LogP contribution in [0.25, 0.3) is 0 Å². The molecular weight excluding hydrogens is 236 g/mol. The Morgan fingerprint density at radius 3 is 2.35 bits per heavy atom. The summed E-state index contributed by atoms with van der Waals surface area (Å²) in [6, 6.07) is 0.450. The Morgan fingerprint density at radius 2 is 1.71 bits per heavy atom. The minimum Gasteiger partial charge on any atom is -0.378 e. The number of likely N-dealkylation sites (tertiary alicyclic amines) is 1. The lowest BCUT2D eigenvalue weighted by atomic mass is 10.1. The molecule has 1 aliphatic carbocycles. The van der Waals surface area contributed by atoms with Gasteiger partial charge in [-0.3, -0.25) is 0 Å². The third kappa shape index (κ3) is 5.56. The molecule has 2 fully saturated rings. The van der Waals surface area contributed by atoms with E-state index < -0.39 is 0 Å². The van der Waals surface area contributed by atoms with Gasteiger partial charge in [0, 0.05) is 19.2 Å². The molecule has 1 heterocycles. The average Bonchev–Trinajstić information content (AvgIpc) is 2.80. The highest BCUT2D eigenvalue weighted by Crippen LogP contribution is 2.20. The highest BCUT2D eigenvalue weighted by atomic mass is 35.5. The fourth-order valence-corrected chi connectivity index (χ4v) is 2.77. The van der Waals surface area contributed by atoms with Crippen molar-refractivity contribution in [3.63, 3.8) is 0 Å². The quantitative estimate of drug-likeness (QED) is 0.772. The predicted octanol–water partition coefficient (Wildman–Crippen LogP) is 2.18. The van der Waals surface area contributed by atoms with Crippen LogP contribution in [0.15, 0.2) is 0 Å². The number of halogens is 1. The highest BCUT2D eigenvalue weighted by molar-refractivity contribution is 5.85. The summed E-state index contributed by atoms with van der Waals surface area (Å²) in [5.74, 6) is 0. The molecule has 102 valence electrons. The smallest absolute Gasteiger partial charge is 0.0575 e. The molecule has 0 unspecified atom stereocenters. The largest absolute Gasteiger partial charge is 0.378 e. The van der Waals surface area contributed by atoms with Crippen molar-refractivity contribution in [2.75, 3.05) is 26.2 Å². The van der Waals surface area contributed by atoms with Crippen molar-refractivity contribution in [1.29, 1.82) is 0 Å². The van der Waals surface area contributed by atoms with Gasteiger partial charge in [0.25, 0.3) is 0 Å².